The van der Waals surface area contributed by atoms with Crippen LogP contribution in [0.4, 0.5) is 5.69 Å². The monoisotopic (exact) mass is 197 g/mol. The number of pyridine rings is 1. The molecular formula is C7H7N3S2. The minimum Gasteiger partial charge on any atom is -0.331 e. The fourth-order valence-electron chi connectivity index (χ4n) is 0.939. The van der Waals surface area contributed by atoms with Gasteiger partial charge in [-0.2, -0.15) is 0 Å². The first-order valence-corrected chi connectivity index (χ1v) is 4.62. The van der Waals surface area contributed by atoms with Gasteiger partial charge in [0.05, 0.1) is 10.6 Å². The predicted octanol–water partition coefficient (Wildman–Crippen LogP) is 1.73. The lowest BCUT2D eigenvalue weighted by molar-refractivity contribution is 0.847. The van der Waals surface area contributed by atoms with Gasteiger partial charge < -0.3 is 5.32 Å². The van der Waals surface area contributed by atoms with Crippen LogP contribution in [0.5, 0.6) is 0 Å². The van der Waals surface area contributed by atoms with Crippen LogP contribution in [0.2, 0.25) is 0 Å². The summed E-state index contributed by atoms with van der Waals surface area (Å²) in [5.41, 5.74) is 1.04. The Hall–Kier alpha value is -0.810. The molecule has 12 heavy (non-hydrogen) atoms. The van der Waals surface area contributed by atoms with Crippen molar-refractivity contribution in [2.24, 2.45) is 0 Å². The van der Waals surface area contributed by atoms with Gasteiger partial charge in [0, 0.05) is 19.4 Å². The second-order valence-corrected chi connectivity index (χ2v) is 3.95. The lowest BCUT2D eigenvalue weighted by Gasteiger charge is -2.26. The zero-order valence-corrected chi connectivity index (χ0v) is 8.08. The maximum Gasteiger partial charge on any atom is 0.183 e. The molecule has 0 bridgehead atoms. The molecule has 1 aromatic heterocycles. The molecule has 62 valence electrons. The summed E-state index contributed by atoms with van der Waals surface area (Å²) in [7, 11) is 1.93. The minimum absolute atomic E-state index is 0.735. The van der Waals surface area contributed by atoms with E-state index in [1.807, 2.05) is 23.6 Å². The molecule has 0 unspecified atom stereocenters. The number of rotatable bonds is 0. The Morgan fingerprint density at radius 2 is 2.50 bits per heavy atom. The van der Waals surface area contributed by atoms with Gasteiger partial charge in [0.2, 0.25) is 0 Å². The number of anilines is 1. The molecule has 1 aliphatic heterocycles. The van der Waals surface area contributed by atoms with Crippen LogP contribution in [0.1, 0.15) is 0 Å². The number of fused-ring (bicyclic) bond motifs is 1. The summed E-state index contributed by atoms with van der Waals surface area (Å²) in [5.74, 6) is 0. The molecule has 5 heteroatoms. The number of nitrogens with one attached hydrogen (secondary N) is 1. The summed E-state index contributed by atoms with van der Waals surface area (Å²) in [5, 5.41) is 3.84. The normalized spacial score (nSPS) is 15.4. The third-order valence-electron chi connectivity index (χ3n) is 1.55. The van der Waals surface area contributed by atoms with Gasteiger partial charge in [-0.25, -0.2) is 0 Å². The van der Waals surface area contributed by atoms with Gasteiger partial charge in [0.15, 0.2) is 5.11 Å². The lowest BCUT2D eigenvalue weighted by Crippen LogP contribution is -2.28. The van der Waals surface area contributed by atoms with Crippen LogP contribution in [-0.4, -0.2) is 21.4 Å². The maximum atomic E-state index is 5.08. The van der Waals surface area contributed by atoms with Gasteiger partial charge in [0.25, 0.3) is 0 Å². The average Bonchev–Trinajstić information content (AvgIpc) is 2.07. The van der Waals surface area contributed by atoms with Crippen molar-refractivity contribution in [3.63, 3.8) is 0 Å². The van der Waals surface area contributed by atoms with Crippen LogP contribution >= 0.6 is 24.2 Å². The molecule has 0 amide bonds. The molecule has 0 fully saturated rings. The maximum absolute atomic E-state index is 5.08. The lowest BCUT2D eigenvalue weighted by atomic mass is 10.4. The van der Waals surface area contributed by atoms with E-state index in [9.17, 15) is 0 Å². The number of hydrogen-bond acceptors (Lipinski definition) is 3. The standard InChI is InChI=1S/C7H7N3S2/c1-10-7(11)9-5-2-3-8-4-6(5)12-10/h2-4H,1H3,(H,9,11). The highest BCUT2D eigenvalue weighted by molar-refractivity contribution is 7.99. The van der Waals surface area contributed by atoms with Crippen molar-refractivity contribution in [1.29, 1.82) is 0 Å². The first kappa shape index (κ1) is 7.82. The summed E-state index contributed by atoms with van der Waals surface area (Å²) >= 11 is 6.67. The number of nitrogens with zero attached hydrogens (tertiary/aromatic N) is 2. The van der Waals surface area contributed by atoms with Crippen molar-refractivity contribution < 1.29 is 0 Å². The van der Waals surface area contributed by atoms with Gasteiger partial charge in [-0.05, 0) is 30.2 Å². The summed E-state index contributed by atoms with van der Waals surface area (Å²) in [6, 6.07) is 1.92. The van der Waals surface area contributed by atoms with Gasteiger partial charge in [-0.3, -0.25) is 9.29 Å². The van der Waals surface area contributed by atoms with Crippen molar-refractivity contribution in [2.75, 3.05) is 12.4 Å². The largest absolute Gasteiger partial charge is 0.331 e. The first-order chi connectivity index (χ1) is 5.77. The molecule has 0 spiro atoms. The van der Waals surface area contributed by atoms with Gasteiger partial charge in [-0.15, -0.1) is 0 Å². The van der Waals surface area contributed by atoms with Crippen molar-refractivity contribution in [3.05, 3.63) is 18.5 Å². The SMILES string of the molecule is CN1Sc2cnccc2NC1=S. The highest BCUT2D eigenvalue weighted by atomic mass is 32.2. The molecule has 2 heterocycles. The Kier molecular flexibility index (Phi) is 1.90. The van der Waals surface area contributed by atoms with Crippen molar-refractivity contribution >= 4 is 35.0 Å². The second kappa shape index (κ2) is 2.91. The van der Waals surface area contributed by atoms with Crippen LogP contribution in [0.3, 0.4) is 0 Å². The molecule has 1 aliphatic rings. The summed E-state index contributed by atoms with van der Waals surface area (Å²) < 4.78 is 1.90. The fourth-order valence-corrected chi connectivity index (χ4v) is 1.91. The predicted molar refractivity (Wildman–Crippen MR) is 54.1 cm³/mol. The quantitative estimate of drug-likeness (QED) is 0.505. The van der Waals surface area contributed by atoms with E-state index in [4.69, 9.17) is 12.2 Å². The molecule has 0 saturated carbocycles. The van der Waals surface area contributed by atoms with Crippen LogP contribution in [0.25, 0.3) is 0 Å². The Bertz CT molecular complexity index is 326. The van der Waals surface area contributed by atoms with E-state index in [0.29, 0.717) is 0 Å². The topological polar surface area (TPSA) is 28.2 Å². The molecule has 0 aliphatic carbocycles. The zero-order valence-electron chi connectivity index (χ0n) is 6.44. The number of hydrogen-bond donors (Lipinski definition) is 1. The van der Waals surface area contributed by atoms with Crippen LogP contribution in [0.15, 0.2) is 23.4 Å². The van der Waals surface area contributed by atoms with Gasteiger partial charge in [-0.1, -0.05) is 0 Å². The van der Waals surface area contributed by atoms with E-state index in [1.54, 1.807) is 18.1 Å². The van der Waals surface area contributed by atoms with Crippen LogP contribution in [-0.2, 0) is 0 Å². The number of aromatic nitrogens is 1. The highest BCUT2D eigenvalue weighted by Gasteiger charge is 2.16. The molecule has 0 saturated heterocycles. The second-order valence-electron chi connectivity index (χ2n) is 2.39. The van der Waals surface area contributed by atoms with E-state index in [-0.39, 0.29) is 0 Å². The Labute approximate surface area is 80.3 Å². The molecular weight excluding hydrogens is 190 g/mol. The Morgan fingerprint density at radius 3 is 3.33 bits per heavy atom. The Morgan fingerprint density at radius 1 is 1.67 bits per heavy atom. The van der Waals surface area contributed by atoms with Gasteiger partial charge in [0.1, 0.15) is 0 Å². The fraction of sp³-hybridized carbons (Fsp3) is 0.143. The molecule has 0 atom stereocenters. The van der Waals surface area contributed by atoms with Crippen molar-refractivity contribution in [3.8, 4) is 0 Å². The molecule has 0 radical (unpaired) electrons. The molecule has 0 aromatic carbocycles. The summed E-state index contributed by atoms with van der Waals surface area (Å²) in [6.07, 6.45) is 3.58. The van der Waals surface area contributed by atoms with E-state index in [2.05, 4.69) is 10.3 Å². The zero-order chi connectivity index (χ0) is 8.55. The van der Waals surface area contributed by atoms with Crippen LogP contribution < -0.4 is 5.32 Å². The first-order valence-electron chi connectivity index (χ1n) is 3.44. The third kappa shape index (κ3) is 1.25. The van der Waals surface area contributed by atoms with E-state index in [1.165, 1.54) is 0 Å². The molecule has 1 N–H and O–H groups in total. The van der Waals surface area contributed by atoms with Crippen molar-refractivity contribution in [1.82, 2.24) is 9.29 Å². The van der Waals surface area contributed by atoms with E-state index >= 15 is 0 Å². The molecule has 3 nitrogen and oxygen atoms in total. The number of thiocarbonyl (C=S) groups is 1. The van der Waals surface area contributed by atoms with E-state index < -0.39 is 0 Å². The van der Waals surface area contributed by atoms with Crippen LogP contribution in [0, 0.1) is 0 Å². The van der Waals surface area contributed by atoms with Gasteiger partial charge >= 0.3 is 0 Å². The highest BCUT2D eigenvalue weighted by Crippen LogP contribution is 2.32. The summed E-state index contributed by atoms with van der Waals surface area (Å²) in [6.45, 7) is 0. The minimum atomic E-state index is 0.735. The summed E-state index contributed by atoms with van der Waals surface area (Å²) in [4.78, 5) is 5.13. The smallest absolute Gasteiger partial charge is 0.183 e. The molecule has 1 aromatic rings. The van der Waals surface area contributed by atoms with Crippen molar-refractivity contribution in [2.45, 2.75) is 4.90 Å². The molecule has 2 rings (SSSR count). The third-order valence-corrected chi connectivity index (χ3v) is 3.02. The average molecular weight is 197 g/mol. The van der Waals surface area contributed by atoms with E-state index in [0.717, 1.165) is 15.7 Å². The Balaban J connectivity index is 2.40.